The van der Waals surface area contributed by atoms with Gasteiger partial charge in [0.05, 0.1) is 19.3 Å². The number of nitrogens with zero attached hydrogens (tertiary/aromatic N) is 4. The van der Waals surface area contributed by atoms with E-state index in [0.29, 0.717) is 17.5 Å². The Kier molecular flexibility index (Phi) is 7.00. The Labute approximate surface area is 201 Å². The van der Waals surface area contributed by atoms with E-state index in [-0.39, 0.29) is 5.91 Å². The quantitative estimate of drug-likeness (QED) is 0.465. The standard InChI is InChI=1S/C27H34N4O3/c1-33-26-8-5-22(20-28-26)27(32)30-15-10-23(11-16-30)31-17-9-21-19-24(6-7-25(21)31)34-18-4-14-29-12-2-3-13-29/h5-9,17,19-20,23H,2-4,10-16,18H2,1H3. The number of hydrogen-bond acceptors (Lipinski definition) is 5. The van der Waals surface area contributed by atoms with E-state index in [1.807, 2.05) is 4.90 Å². The summed E-state index contributed by atoms with van der Waals surface area (Å²) in [4.78, 5) is 21.5. The van der Waals surface area contributed by atoms with Crippen molar-refractivity contribution in [3.8, 4) is 11.6 Å². The van der Waals surface area contributed by atoms with Gasteiger partial charge in [0, 0.05) is 55.0 Å². The largest absolute Gasteiger partial charge is 0.494 e. The molecule has 0 atom stereocenters. The monoisotopic (exact) mass is 462 g/mol. The van der Waals surface area contributed by atoms with E-state index in [0.717, 1.165) is 51.3 Å². The van der Waals surface area contributed by atoms with Crippen molar-refractivity contribution in [1.29, 1.82) is 0 Å². The maximum Gasteiger partial charge on any atom is 0.255 e. The molecule has 0 saturated carbocycles. The van der Waals surface area contributed by atoms with Crippen LogP contribution < -0.4 is 9.47 Å². The molecule has 2 fully saturated rings. The Balaban J connectivity index is 1.15. The minimum absolute atomic E-state index is 0.0393. The van der Waals surface area contributed by atoms with Gasteiger partial charge in [-0.15, -0.1) is 0 Å². The van der Waals surface area contributed by atoms with Crippen molar-refractivity contribution >= 4 is 16.8 Å². The van der Waals surface area contributed by atoms with E-state index >= 15 is 0 Å². The molecule has 7 nitrogen and oxygen atoms in total. The molecule has 4 heterocycles. The molecule has 0 bridgehead atoms. The smallest absolute Gasteiger partial charge is 0.255 e. The fraction of sp³-hybridized carbons (Fsp3) is 0.481. The lowest BCUT2D eigenvalue weighted by molar-refractivity contribution is 0.0695. The Hall–Kier alpha value is -3.06. The van der Waals surface area contributed by atoms with Crippen LogP contribution in [0.15, 0.2) is 48.8 Å². The van der Waals surface area contributed by atoms with Gasteiger partial charge in [0.2, 0.25) is 5.88 Å². The average Bonchev–Trinajstić information content (AvgIpc) is 3.56. The summed E-state index contributed by atoms with van der Waals surface area (Å²) in [5, 5.41) is 1.21. The normalized spacial score (nSPS) is 17.4. The minimum Gasteiger partial charge on any atom is -0.494 e. The molecule has 7 heteroatoms. The van der Waals surface area contributed by atoms with E-state index in [1.165, 1.54) is 36.8 Å². The highest BCUT2D eigenvalue weighted by Crippen LogP contribution is 2.30. The van der Waals surface area contributed by atoms with Crippen LogP contribution in [0.1, 0.15) is 48.5 Å². The molecule has 34 heavy (non-hydrogen) atoms. The Morgan fingerprint density at radius 1 is 1.06 bits per heavy atom. The molecule has 1 aromatic carbocycles. The van der Waals surface area contributed by atoms with Gasteiger partial charge >= 0.3 is 0 Å². The summed E-state index contributed by atoms with van der Waals surface area (Å²) in [7, 11) is 1.57. The summed E-state index contributed by atoms with van der Waals surface area (Å²) >= 11 is 0. The summed E-state index contributed by atoms with van der Waals surface area (Å²) in [5.74, 6) is 1.50. The van der Waals surface area contributed by atoms with E-state index < -0.39 is 0 Å². The summed E-state index contributed by atoms with van der Waals surface area (Å²) in [6, 6.07) is 12.5. The fourth-order valence-electron chi connectivity index (χ4n) is 5.19. The number of pyridine rings is 1. The zero-order valence-corrected chi connectivity index (χ0v) is 20.0. The molecule has 0 N–H and O–H groups in total. The molecule has 0 spiro atoms. The summed E-state index contributed by atoms with van der Waals surface area (Å²) in [6.45, 7) is 5.87. The Morgan fingerprint density at radius 2 is 1.88 bits per heavy atom. The number of carbonyl (C=O) groups is 1. The maximum absolute atomic E-state index is 12.8. The zero-order valence-electron chi connectivity index (χ0n) is 20.0. The highest BCUT2D eigenvalue weighted by Gasteiger charge is 2.25. The van der Waals surface area contributed by atoms with Crippen LogP contribution >= 0.6 is 0 Å². The molecule has 2 aromatic heterocycles. The molecule has 0 aliphatic carbocycles. The van der Waals surface area contributed by atoms with Crippen molar-refractivity contribution in [1.82, 2.24) is 19.4 Å². The lowest BCUT2D eigenvalue weighted by Gasteiger charge is -2.33. The van der Waals surface area contributed by atoms with Crippen LogP contribution in [0.2, 0.25) is 0 Å². The summed E-state index contributed by atoms with van der Waals surface area (Å²) < 4.78 is 13.5. The van der Waals surface area contributed by atoms with E-state index in [1.54, 1.807) is 25.4 Å². The van der Waals surface area contributed by atoms with Crippen LogP contribution in [-0.4, -0.2) is 71.7 Å². The molecule has 2 aliphatic heterocycles. The number of piperidine rings is 1. The van der Waals surface area contributed by atoms with Gasteiger partial charge in [-0.2, -0.15) is 0 Å². The van der Waals surface area contributed by atoms with E-state index in [2.05, 4.69) is 44.9 Å². The number of amides is 1. The molecular formula is C27H34N4O3. The van der Waals surface area contributed by atoms with Gasteiger partial charge in [0.1, 0.15) is 5.75 Å². The zero-order chi connectivity index (χ0) is 23.3. The fourth-order valence-corrected chi connectivity index (χ4v) is 5.19. The lowest BCUT2D eigenvalue weighted by Crippen LogP contribution is -2.39. The molecule has 2 saturated heterocycles. The van der Waals surface area contributed by atoms with Gasteiger partial charge in [-0.05, 0) is 75.5 Å². The van der Waals surface area contributed by atoms with Crippen molar-refractivity contribution in [3.05, 3.63) is 54.4 Å². The molecule has 0 radical (unpaired) electrons. The van der Waals surface area contributed by atoms with Crippen LogP contribution in [0.4, 0.5) is 0 Å². The Morgan fingerprint density at radius 3 is 2.62 bits per heavy atom. The van der Waals surface area contributed by atoms with Gasteiger partial charge in [0.25, 0.3) is 5.91 Å². The summed E-state index contributed by atoms with van der Waals surface area (Å²) in [6.07, 6.45) is 9.40. The molecule has 2 aliphatic rings. The minimum atomic E-state index is 0.0393. The van der Waals surface area contributed by atoms with Gasteiger partial charge in [0.15, 0.2) is 0 Å². The van der Waals surface area contributed by atoms with Gasteiger partial charge < -0.3 is 23.8 Å². The first kappa shape index (κ1) is 22.7. The molecular weight excluding hydrogens is 428 g/mol. The number of benzene rings is 1. The second-order valence-electron chi connectivity index (χ2n) is 9.31. The molecule has 5 rings (SSSR count). The highest BCUT2D eigenvalue weighted by atomic mass is 16.5. The SMILES string of the molecule is COc1ccc(C(=O)N2CCC(n3ccc4cc(OCCCN5CCCC5)ccc43)CC2)cn1. The molecule has 1 amide bonds. The first-order valence-corrected chi connectivity index (χ1v) is 12.5. The average molecular weight is 463 g/mol. The van der Waals surface area contributed by atoms with Crippen LogP contribution in [-0.2, 0) is 0 Å². The van der Waals surface area contributed by atoms with Gasteiger partial charge in [-0.25, -0.2) is 4.98 Å². The molecule has 0 unspecified atom stereocenters. The number of methoxy groups -OCH3 is 1. The number of ether oxygens (including phenoxy) is 2. The van der Waals surface area contributed by atoms with Crippen molar-refractivity contribution in [3.63, 3.8) is 0 Å². The first-order chi connectivity index (χ1) is 16.7. The predicted molar refractivity (Wildman–Crippen MR) is 133 cm³/mol. The van der Waals surface area contributed by atoms with Gasteiger partial charge in [-0.3, -0.25) is 4.79 Å². The van der Waals surface area contributed by atoms with Crippen molar-refractivity contribution in [2.45, 2.75) is 38.1 Å². The first-order valence-electron chi connectivity index (χ1n) is 12.5. The number of rotatable bonds is 8. The van der Waals surface area contributed by atoms with E-state index in [4.69, 9.17) is 9.47 Å². The Bertz CT molecular complexity index is 1100. The van der Waals surface area contributed by atoms with Crippen LogP contribution in [0, 0.1) is 0 Å². The van der Waals surface area contributed by atoms with Crippen molar-refractivity contribution in [2.24, 2.45) is 0 Å². The highest BCUT2D eigenvalue weighted by molar-refractivity contribution is 5.94. The number of aromatic nitrogens is 2. The van der Waals surface area contributed by atoms with E-state index in [9.17, 15) is 4.79 Å². The second-order valence-corrected chi connectivity index (χ2v) is 9.31. The van der Waals surface area contributed by atoms with Crippen LogP contribution in [0.3, 0.4) is 0 Å². The van der Waals surface area contributed by atoms with Crippen LogP contribution in [0.5, 0.6) is 11.6 Å². The lowest BCUT2D eigenvalue weighted by atomic mass is 10.0. The molecule has 180 valence electrons. The van der Waals surface area contributed by atoms with Crippen molar-refractivity contribution in [2.75, 3.05) is 46.4 Å². The number of hydrogen-bond donors (Lipinski definition) is 0. The number of fused-ring (bicyclic) bond motifs is 1. The number of likely N-dealkylation sites (tertiary alicyclic amines) is 2. The third-order valence-electron chi connectivity index (χ3n) is 7.12. The topological polar surface area (TPSA) is 59.8 Å². The van der Waals surface area contributed by atoms with Crippen molar-refractivity contribution < 1.29 is 14.3 Å². The third-order valence-corrected chi connectivity index (χ3v) is 7.12. The molecule has 3 aromatic rings. The predicted octanol–water partition coefficient (Wildman–Crippen LogP) is 4.39. The second kappa shape index (κ2) is 10.5. The number of carbonyl (C=O) groups excluding carboxylic acids is 1. The third kappa shape index (κ3) is 5.04. The summed E-state index contributed by atoms with van der Waals surface area (Å²) in [5.41, 5.74) is 1.84. The van der Waals surface area contributed by atoms with Crippen LogP contribution in [0.25, 0.3) is 10.9 Å². The maximum atomic E-state index is 12.8. The van der Waals surface area contributed by atoms with Gasteiger partial charge in [-0.1, -0.05) is 0 Å².